The molecule has 1 atom stereocenters. The first-order chi connectivity index (χ1) is 8.19. The molecule has 0 bridgehead atoms. The predicted octanol–water partition coefficient (Wildman–Crippen LogP) is 2.21. The average molecular weight is 235 g/mol. The second-order valence-electron chi connectivity index (χ2n) is 3.87. The third-order valence-corrected chi connectivity index (χ3v) is 2.52. The molecule has 0 aliphatic rings. The maximum Gasteiger partial charge on any atom is 0.243 e. The Balaban J connectivity index is 2.08. The van der Waals surface area contributed by atoms with Crippen LogP contribution >= 0.6 is 0 Å². The van der Waals surface area contributed by atoms with E-state index in [2.05, 4.69) is 10.1 Å². The number of aromatic nitrogens is 2. The number of benzene rings is 1. The molecule has 0 amide bonds. The zero-order valence-corrected chi connectivity index (χ0v) is 9.56. The van der Waals surface area contributed by atoms with Gasteiger partial charge in [-0.15, -0.1) is 0 Å². The van der Waals surface area contributed by atoms with Gasteiger partial charge in [0.05, 0.1) is 6.04 Å². The number of hydrogen-bond donors (Lipinski definition) is 1. The Morgan fingerprint density at radius 3 is 2.71 bits per heavy atom. The van der Waals surface area contributed by atoms with E-state index in [1.807, 2.05) is 6.92 Å². The Kier molecular flexibility index (Phi) is 3.49. The van der Waals surface area contributed by atoms with Gasteiger partial charge in [0.1, 0.15) is 5.82 Å². The molecule has 1 unspecified atom stereocenters. The van der Waals surface area contributed by atoms with Gasteiger partial charge >= 0.3 is 0 Å². The smallest absolute Gasteiger partial charge is 0.243 e. The molecule has 1 aromatic heterocycles. The Morgan fingerprint density at radius 1 is 1.35 bits per heavy atom. The Labute approximate surface area is 98.6 Å². The van der Waals surface area contributed by atoms with Crippen LogP contribution in [0.25, 0.3) is 0 Å². The van der Waals surface area contributed by atoms with Crippen molar-refractivity contribution in [2.24, 2.45) is 5.73 Å². The SMILES string of the molecule is CCC(N)c1nc(Cc2ccc(F)cc2)no1. The molecule has 0 fully saturated rings. The highest BCUT2D eigenvalue weighted by atomic mass is 19.1. The van der Waals surface area contributed by atoms with Crippen LogP contribution in [0.3, 0.4) is 0 Å². The molecule has 2 rings (SSSR count). The van der Waals surface area contributed by atoms with Crippen LogP contribution in [0.4, 0.5) is 4.39 Å². The van der Waals surface area contributed by atoms with Crippen molar-refractivity contribution in [1.82, 2.24) is 10.1 Å². The lowest BCUT2D eigenvalue weighted by molar-refractivity contribution is 0.348. The predicted molar refractivity (Wildman–Crippen MR) is 60.7 cm³/mol. The minimum atomic E-state index is -0.254. The third-order valence-electron chi connectivity index (χ3n) is 2.52. The van der Waals surface area contributed by atoms with Gasteiger partial charge in [0.25, 0.3) is 0 Å². The fraction of sp³-hybridized carbons (Fsp3) is 0.333. The van der Waals surface area contributed by atoms with Gasteiger partial charge in [-0.2, -0.15) is 4.98 Å². The molecule has 5 heteroatoms. The number of nitrogens with zero attached hydrogens (tertiary/aromatic N) is 2. The molecule has 0 saturated heterocycles. The largest absolute Gasteiger partial charge is 0.338 e. The second kappa shape index (κ2) is 5.05. The van der Waals surface area contributed by atoms with E-state index in [0.29, 0.717) is 18.1 Å². The van der Waals surface area contributed by atoms with E-state index in [0.717, 1.165) is 12.0 Å². The molecular weight excluding hydrogens is 221 g/mol. The van der Waals surface area contributed by atoms with Crippen molar-refractivity contribution in [2.75, 3.05) is 0 Å². The van der Waals surface area contributed by atoms with Crippen molar-refractivity contribution in [3.8, 4) is 0 Å². The molecule has 4 nitrogen and oxygen atoms in total. The Morgan fingerprint density at radius 2 is 2.06 bits per heavy atom. The van der Waals surface area contributed by atoms with Crippen LogP contribution in [0.15, 0.2) is 28.8 Å². The molecule has 0 radical (unpaired) electrons. The third kappa shape index (κ3) is 2.88. The van der Waals surface area contributed by atoms with Crippen LogP contribution in [0, 0.1) is 5.82 Å². The molecule has 2 N–H and O–H groups in total. The van der Waals surface area contributed by atoms with E-state index in [1.54, 1.807) is 12.1 Å². The van der Waals surface area contributed by atoms with Crippen molar-refractivity contribution in [3.63, 3.8) is 0 Å². The van der Waals surface area contributed by atoms with Crippen molar-refractivity contribution in [1.29, 1.82) is 0 Å². The number of nitrogens with two attached hydrogens (primary N) is 1. The first kappa shape index (κ1) is 11.7. The molecule has 2 aromatic rings. The molecule has 0 aliphatic carbocycles. The Bertz CT molecular complexity index is 481. The van der Waals surface area contributed by atoms with Crippen LogP contribution in [0.1, 0.15) is 36.7 Å². The van der Waals surface area contributed by atoms with Gasteiger partial charge in [-0.1, -0.05) is 24.2 Å². The van der Waals surface area contributed by atoms with E-state index in [-0.39, 0.29) is 11.9 Å². The standard InChI is InChI=1S/C12H14FN3O/c1-2-10(14)12-15-11(16-17-12)7-8-3-5-9(13)6-4-8/h3-6,10H,2,7,14H2,1H3. The number of rotatable bonds is 4. The van der Waals surface area contributed by atoms with Crippen LogP contribution in [-0.2, 0) is 6.42 Å². The van der Waals surface area contributed by atoms with Crippen molar-refractivity contribution in [2.45, 2.75) is 25.8 Å². The summed E-state index contributed by atoms with van der Waals surface area (Å²) in [6, 6.07) is 6.00. The molecule has 0 spiro atoms. The summed E-state index contributed by atoms with van der Waals surface area (Å²) in [6.07, 6.45) is 1.26. The average Bonchev–Trinajstić information content (AvgIpc) is 2.80. The van der Waals surface area contributed by atoms with E-state index in [9.17, 15) is 4.39 Å². The highest BCUT2D eigenvalue weighted by Crippen LogP contribution is 2.13. The summed E-state index contributed by atoms with van der Waals surface area (Å²) in [5.41, 5.74) is 6.71. The van der Waals surface area contributed by atoms with E-state index >= 15 is 0 Å². The minimum Gasteiger partial charge on any atom is -0.338 e. The summed E-state index contributed by atoms with van der Waals surface area (Å²) < 4.78 is 17.8. The lowest BCUT2D eigenvalue weighted by Gasteiger charge is -1.99. The van der Waals surface area contributed by atoms with E-state index < -0.39 is 0 Å². The van der Waals surface area contributed by atoms with Crippen LogP contribution in [0.2, 0.25) is 0 Å². The molecular formula is C12H14FN3O. The van der Waals surface area contributed by atoms with Gasteiger partial charge in [0.15, 0.2) is 5.82 Å². The normalized spacial score (nSPS) is 12.6. The molecule has 90 valence electrons. The van der Waals surface area contributed by atoms with Crippen LogP contribution in [-0.4, -0.2) is 10.1 Å². The number of halogens is 1. The second-order valence-corrected chi connectivity index (χ2v) is 3.87. The van der Waals surface area contributed by atoms with Crippen molar-refractivity contribution >= 4 is 0 Å². The summed E-state index contributed by atoms with van der Waals surface area (Å²) in [6.45, 7) is 1.95. The highest BCUT2D eigenvalue weighted by molar-refractivity contribution is 5.19. The van der Waals surface area contributed by atoms with Gasteiger partial charge in [0.2, 0.25) is 5.89 Å². The fourth-order valence-corrected chi connectivity index (χ4v) is 1.45. The van der Waals surface area contributed by atoms with Gasteiger partial charge in [-0.05, 0) is 24.1 Å². The first-order valence-electron chi connectivity index (χ1n) is 5.51. The molecule has 1 heterocycles. The quantitative estimate of drug-likeness (QED) is 0.882. The molecule has 1 aromatic carbocycles. The topological polar surface area (TPSA) is 64.9 Å². The fourth-order valence-electron chi connectivity index (χ4n) is 1.45. The number of hydrogen-bond acceptors (Lipinski definition) is 4. The Hall–Kier alpha value is -1.75. The minimum absolute atomic E-state index is 0.218. The summed E-state index contributed by atoms with van der Waals surface area (Å²) >= 11 is 0. The lowest BCUT2D eigenvalue weighted by atomic mass is 10.1. The van der Waals surface area contributed by atoms with Gasteiger partial charge in [0, 0.05) is 6.42 Å². The van der Waals surface area contributed by atoms with Crippen molar-refractivity contribution in [3.05, 3.63) is 47.4 Å². The highest BCUT2D eigenvalue weighted by Gasteiger charge is 2.12. The molecule has 0 saturated carbocycles. The van der Waals surface area contributed by atoms with Gasteiger partial charge < -0.3 is 10.3 Å². The lowest BCUT2D eigenvalue weighted by Crippen LogP contribution is -2.08. The zero-order valence-electron chi connectivity index (χ0n) is 9.56. The summed E-state index contributed by atoms with van der Waals surface area (Å²) in [7, 11) is 0. The van der Waals surface area contributed by atoms with Gasteiger partial charge in [-0.25, -0.2) is 4.39 Å². The first-order valence-corrected chi connectivity index (χ1v) is 5.51. The monoisotopic (exact) mass is 235 g/mol. The molecule has 17 heavy (non-hydrogen) atoms. The van der Waals surface area contributed by atoms with E-state index in [4.69, 9.17) is 10.3 Å². The zero-order chi connectivity index (χ0) is 12.3. The van der Waals surface area contributed by atoms with Crippen LogP contribution in [0.5, 0.6) is 0 Å². The summed E-state index contributed by atoms with van der Waals surface area (Å²) in [4.78, 5) is 4.20. The molecule has 0 aliphatic heterocycles. The van der Waals surface area contributed by atoms with Gasteiger partial charge in [-0.3, -0.25) is 0 Å². The maximum atomic E-state index is 12.7. The van der Waals surface area contributed by atoms with Crippen molar-refractivity contribution < 1.29 is 8.91 Å². The maximum absolute atomic E-state index is 12.7. The summed E-state index contributed by atoms with van der Waals surface area (Å²) in [5, 5.41) is 3.84. The van der Waals surface area contributed by atoms with Crippen LogP contribution < -0.4 is 5.73 Å². The van der Waals surface area contributed by atoms with E-state index in [1.165, 1.54) is 12.1 Å². The summed E-state index contributed by atoms with van der Waals surface area (Å²) in [5.74, 6) is 0.760.